The fraction of sp³-hybridized carbons (Fsp3) is 0.250. The molecule has 0 unspecified atom stereocenters. The standard InChI is InChI=1S/3C12H15Si.3ClH.3V/c3*1-13(2,3)12-8-10-6-4-5-7-11(10)9-12;;;;;;/h3*4-9H,1-3H3;3*1H;;;/q3*-1;;;;3*+2/p-3. The maximum absolute atomic E-state index is 2.39. The molecular formula is C36H45Cl3Si3V3. The first-order chi connectivity index (χ1) is 18.2. The Hall–Kier alpha value is -0.236. The van der Waals surface area contributed by atoms with Gasteiger partial charge in [0.1, 0.15) is 0 Å². The second-order valence-corrected chi connectivity index (χ2v) is 29.1. The van der Waals surface area contributed by atoms with Gasteiger partial charge >= 0.3 is 55.7 Å². The Kier molecular flexibility index (Phi) is 22.2. The van der Waals surface area contributed by atoms with Crippen LogP contribution in [0.2, 0.25) is 58.9 Å². The zero-order valence-corrected chi connectivity index (χ0v) is 37.3. The Balaban J connectivity index is -0.000000551. The minimum atomic E-state index is -1.12. The van der Waals surface area contributed by atoms with Gasteiger partial charge in [-0.3, -0.25) is 0 Å². The molecule has 3 radical (unpaired) electrons. The van der Waals surface area contributed by atoms with Gasteiger partial charge in [0.2, 0.25) is 0 Å². The van der Waals surface area contributed by atoms with Gasteiger partial charge in [0.15, 0.2) is 0 Å². The summed E-state index contributed by atoms with van der Waals surface area (Å²) in [6.07, 6.45) is 0. The summed E-state index contributed by atoms with van der Waals surface area (Å²) in [6.45, 7) is 21.5. The van der Waals surface area contributed by atoms with E-state index in [-0.39, 0.29) is 92.9 Å². The van der Waals surface area contributed by atoms with E-state index >= 15 is 0 Å². The van der Waals surface area contributed by atoms with E-state index < -0.39 is 24.2 Å². The summed E-state index contributed by atoms with van der Waals surface area (Å²) in [5, 5.41) is 13.0. The van der Waals surface area contributed by atoms with Crippen molar-refractivity contribution in [1.29, 1.82) is 0 Å². The first-order valence-electron chi connectivity index (χ1n) is 14.2. The molecular weight excluding hydrogens is 776 g/mol. The third-order valence-electron chi connectivity index (χ3n) is 7.45. The zero-order chi connectivity index (χ0) is 28.4. The fourth-order valence-electron chi connectivity index (χ4n) is 4.75. The van der Waals surface area contributed by atoms with Crippen molar-refractivity contribution in [2.24, 2.45) is 0 Å². The maximum Gasteiger partial charge on any atom is 2.00 e. The molecule has 0 spiro atoms. The summed E-state index contributed by atoms with van der Waals surface area (Å²) >= 11 is 0. The molecule has 0 fully saturated rings. The van der Waals surface area contributed by atoms with Gasteiger partial charge in [-0.1, -0.05) is 77.1 Å². The summed E-state index contributed by atoms with van der Waals surface area (Å²) in [6, 6.07) is 39.9. The van der Waals surface area contributed by atoms with E-state index in [1.807, 2.05) is 0 Å². The number of halogens is 3. The molecule has 6 rings (SSSR count). The minimum absolute atomic E-state index is 0. The normalized spacial score (nSPS) is 10.6. The van der Waals surface area contributed by atoms with Crippen LogP contribution in [-0.4, -0.2) is 24.2 Å². The second-order valence-electron chi connectivity index (χ2n) is 13.9. The first kappa shape index (κ1) is 49.2. The fourth-order valence-corrected chi connectivity index (χ4v) is 8.28. The summed E-state index contributed by atoms with van der Waals surface area (Å²) in [5.74, 6) is 0. The Bertz CT molecular complexity index is 1390. The molecule has 0 bridgehead atoms. The molecule has 0 aliphatic heterocycles. The van der Waals surface area contributed by atoms with Crippen LogP contribution in [0.1, 0.15) is 0 Å². The van der Waals surface area contributed by atoms with E-state index in [0.717, 1.165) is 0 Å². The second kappa shape index (κ2) is 20.3. The van der Waals surface area contributed by atoms with Gasteiger partial charge in [0, 0.05) is 0 Å². The number of benzene rings is 3. The van der Waals surface area contributed by atoms with Crippen LogP contribution in [0.3, 0.4) is 0 Å². The van der Waals surface area contributed by atoms with Gasteiger partial charge in [0.25, 0.3) is 0 Å². The predicted molar refractivity (Wildman–Crippen MR) is 188 cm³/mol. The van der Waals surface area contributed by atoms with E-state index in [9.17, 15) is 0 Å². The molecule has 6 aromatic carbocycles. The van der Waals surface area contributed by atoms with Gasteiger partial charge in [-0.15, -0.1) is 105 Å². The Morgan fingerprint density at radius 1 is 0.356 bits per heavy atom. The van der Waals surface area contributed by atoms with Gasteiger partial charge in [0.05, 0.1) is 24.2 Å². The molecule has 9 heteroatoms. The van der Waals surface area contributed by atoms with Crippen LogP contribution in [-0.2, 0) is 55.7 Å². The Morgan fingerprint density at radius 2 is 0.556 bits per heavy atom. The Morgan fingerprint density at radius 3 is 0.733 bits per heavy atom. The smallest absolute Gasteiger partial charge is 1.00 e. The van der Waals surface area contributed by atoms with Crippen LogP contribution in [0.4, 0.5) is 0 Å². The van der Waals surface area contributed by atoms with E-state index in [4.69, 9.17) is 0 Å². The minimum Gasteiger partial charge on any atom is -1.00 e. The summed E-state index contributed by atoms with van der Waals surface area (Å²) in [7, 11) is -3.35. The molecule has 0 aliphatic rings. The van der Waals surface area contributed by atoms with E-state index in [1.54, 1.807) is 15.6 Å². The predicted octanol–water partition coefficient (Wildman–Crippen LogP) is 0.316. The van der Waals surface area contributed by atoms with Crippen molar-refractivity contribution in [3.63, 3.8) is 0 Å². The van der Waals surface area contributed by atoms with Gasteiger partial charge in [-0.25, -0.2) is 0 Å². The third-order valence-corrected chi connectivity index (χ3v) is 13.5. The SMILES string of the molecule is C[Si](C)(C)c1cc2ccccc2[cH-]1.C[Si](C)(C)c1cc2ccccc2[cH-]1.C[Si](C)(C)c1cc2ccccc2[cH-]1.[Cl-].[Cl-].[Cl-].[V+2].[V+2].[V+2]. The van der Waals surface area contributed by atoms with Crippen LogP contribution in [0.15, 0.2) is 109 Å². The molecule has 0 atom stereocenters. The van der Waals surface area contributed by atoms with Crippen molar-refractivity contribution in [2.45, 2.75) is 58.9 Å². The van der Waals surface area contributed by atoms with Crippen molar-refractivity contribution < 1.29 is 92.9 Å². The van der Waals surface area contributed by atoms with Crippen molar-refractivity contribution in [2.75, 3.05) is 0 Å². The average molecular weight is 821 g/mol. The molecule has 0 aliphatic carbocycles. The van der Waals surface area contributed by atoms with Gasteiger partial charge < -0.3 is 37.2 Å². The summed E-state index contributed by atoms with van der Waals surface area (Å²) in [5.41, 5.74) is 0. The van der Waals surface area contributed by atoms with Crippen LogP contribution in [0.5, 0.6) is 0 Å². The molecule has 0 aromatic heterocycles. The number of hydrogen-bond donors (Lipinski definition) is 0. The van der Waals surface area contributed by atoms with Crippen LogP contribution in [0, 0.1) is 0 Å². The average Bonchev–Trinajstić information content (AvgIpc) is 3.60. The molecule has 6 aromatic rings. The quantitative estimate of drug-likeness (QED) is 0.179. The van der Waals surface area contributed by atoms with E-state index in [1.165, 1.54) is 32.3 Å². The largest absolute Gasteiger partial charge is 2.00 e. The van der Waals surface area contributed by atoms with Crippen molar-refractivity contribution in [1.82, 2.24) is 0 Å². The molecule has 237 valence electrons. The molecule has 0 nitrogen and oxygen atoms in total. The van der Waals surface area contributed by atoms with Crippen LogP contribution in [0.25, 0.3) is 32.3 Å². The molecule has 0 N–H and O–H groups in total. The topological polar surface area (TPSA) is 0 Å². The molecule has 0 saturated carbocycles. The van der Waals surface area contributed by atoms with Crippen LogP contribution < -0.4 is 52.8 Å². The molecule has 0 saturated heterocycles. The molecule has 45 heavy (non-hydrogen) atoms. The van der Waals surface area contributed by atoms with Gasteiger partial charge in [-0.2, -0.15) is 34.4 Å². The third kappa shape index (κ3) is 13.7. The zero-order valence-electron chi connectivity index (χ0n) is 27.9. The van der Waals surface area contributed by atoms with Crippen molar-refractivity contribution in [3.8, 4) is 0 Å². The van der Waals surface area contributed by atoms with Gasteiger partial charge in [-0.05, 0) is 0 Å². The van der Waals surface area contributed by atoms with Crippen molar-refractivity contribution in [3.05, 3.63) is 109 Å². The monoisotopic (exact) mass is 819 g/mol. The number of fused-ring (bicyclic) bond motifs is 3. The van der Waals surface area contributed by atoms with E-state index in [2.05, 4.69) is 168 Å². The van der Waals surface area contributed by atoms with Crippen molar-refractivity contribution >= 4 is 72.1 Å². The summed E-state index contributed by atoms with van der Waals surface area (Å²) < 4.78 is 0. The number of rotatable bonds is 3. The Labute approximate surface area is 329 Å². The van der Waals surface area contributed by atoms with Crippen LogP contribution >= 0.6 is 0 Å². The molecule has 0 amide bonds. The number of hydrogen-bond acceptors (Lipinski definition) is 0. The summed E-state index contributed by atoms with van der Waals surface area (Å²) in [4.78, 5) is 0. The molecule has 0 heterocycles. The first-order valence-corrected chi connectivity index (χ1v) is 24.7. The maximum atomic E-state index is 2.39. The van der Waals surface area contributed by atoms with E-state index in [0.29, 0.717) is 0 Å².